The van der Waals surface area contributed by atoms with Crippen molar-refractivity contribution in [2.24, 2.45) is 5.92 Å². The summed E-state index contributed by atoms with van der Waals surface area (Å²) in [5.41, 5.74) is 1.40. The van der Waals surface area contributed by atoms with Crippen molar-refractivity contribution in [3.63, 3.8) is 0 Å². The van der Waals surface area contributed by atoms with E-state index in [9.17, 15) is 9.18 Å². The molecule has 134 valence electrons. The highest BCUT2D eigenvalue weighted by Gasteiger charge is 2.14. The van der Waals surface area contributed by atoms with Gasteiger partial charge in [0.2, 0.25) is 5.91 Å². The third kappa shape index (κ3) is 4.93. The zero-order valence-electron chi connectivity index (χ0n) is 14.9. The first kappa shape index (κ1) is 18.7. The first-order valence-corrected chi connectivity index (χ1v) is 8.02. The second-order valence-corrected chi connectivity index (χ2v) is 5.85. The predicted octanol–water partition coefficient (Wildman–Crippen LogP) is 3.73. The molecule has 0 aliphatic carbocycles. The molecule has 0 fully saturated rings. The fraction of sp³-hybridized carbons (Fsp3) is 0.316. The molecule has 1 unspecified atom stereocenters. The Bertz CT molecular complexity index is 749. The summed E-state index contributed by atoms with van der Waals surface area (Å²) < 4.78 is 25.2. The number of aryl methyl sites for hydroxylation is 1. The van der Waals surface area contributed by atoms with Crippen LogP contribution in [-0.2, 0) is 4.79 Å². The van der Waals surface area contributed by atoms with Gasteiger partial charge in [-0.25, -0.2) is 4.39 Å². The van der Waals surface area contributed by atoms with Gasteiger partial charge in [-0.05, 0) is 43.8 Å². The van der Waals surface area contributed by atoms with Gasteiger partial charge in [-0.2, -0.15) is 0 Å². The highest BCUT2D eigenvalue weighted by Crippen LogP contribution is 2.34. The maximum atomic E-state index is 14.3. The number of anilines is 1. The van der Waals surface area contributed by atoms with E-state index in [0.29, 0.717) is 23.7 Å². The lowest BCUT2D eigenvalue weighted by Gasteiger charge is -2.14. The van der Waals surface area contributed by atoms with Crippen LogP contribution in [0.5, 0.6) is 17.2 Å². The maximum absolute atomic E-state index is 14.3. The molecule has 2 N–H and O–H groups in total. The summed E-state index contributed by atoms with van der Waals surface area (Å²) >= 11 is 0. The molecule has 0 bridgehead atoms. The molecule has 5 nitrogen and oxygen atoms in total. The topological polar surface area (TPSA) is 59.6 Å². The van der Waals surface area contributed by atoms with Crippen molar-refractivity contribution in [1.82, 2.24) is 5.32 Å². The van der Waals surface area contributed by atoms with Crippen LogP contribution in [0.3, 0.4) is 0 Å². The molecule has 0 spiro atoms. The van der Waals surface area contributed by atoms with Gasteiger partial charge < -0.3 is 20.1 Å². The van der Waals surface area contributed by atoms with Crippen LogP contribution in [0.2, 0.25) is 0 Å². The maximum Gasteiger partial charge on any atom is 0.228 e. The van der Waals surface area contributed by atoms with E-state index in [1.165, 1.54) is 19.2 Å². The van der Waals surface area contributed by atoms with E-state index in [1.54, 1.807) is 26.1 Å². The van der Waals surface area contributed by atoms with E-state index >= 15 is 0 Å². The quantitative estimate of drug-likeness (QED) is 0.802. The molecule has 0 aromatic heterocycles. The van der Waals surface area contributed by atoms with E-state index in [2.05, 4.69) is 10.6 Å². The van der Waals surface area contributed by atoms with Gasteiger partial charge >= 0.3 is 0 Å². The van der Waals surface area contributed by atoms with Gasteiger partial charge in [0.15, 0.2) is 23.1 Å². The summed E-state index contributed by atoms with van der Waals surface area (Å²) in [6.45, 7) is 4.27. The van der Waals surface area contributed by atoms with Crippen molar-refractivity contribution in [2.75, 3.05) is 26.0 Å². The van der Waals surface area contributed by atoms with Crippen LogP contribution < -0.4 is 20.1 Å². The number of ether oxygens (including phenoxy) is 2. The highest BCUT2D eigenvalue weighted by atomic mass is 19.1. The molecule has 2 aromatic rings. The largest absolute Gasteiger partial charge is 0.493 e. The predicted molar refractivity (Wildman–Crippen MR) is 95.9 cm³/mol. The van der Waals surface area contributed by atoms with E-state index < -0.39 is 5.82 Å². The van der Waals surface area contributed by atoms with Gasteiger partial charge in [0.05, 0.1) is 7.11 Å². The first-order chi connectivity index (χ1) is 11.9. The van der Waals surface area contributed by atoms with Crippen LogP contribution in [0.4, 0.5) is 10.1 Å². The SMILES string of the molecule is CNCC(C)C(=O)Nc1ccc(Oc2ccc(C)cc2OC)c(F)c1. The zero-order valence-corrected chi connectivity index (χ0v) is 14.9. The number of halogens is 1. The molecule has 1 amide bonds. The van der Waals surface area contributed by atoms with E-state index in [1.807, 2.05) is 19.1 Å². The van der Waals surface area contributed by atoms with Crippen LogP contribution in [-0.4, -0.2) is 26.6 Å². The lowest BCUT2D eigenvalue weighted by molar-refractivity contribution is -0.119. The van der Waals surface area contributed by atoms with Crippen molar-refractivity contribution in [1.29, 1.82) is 0 Å². The Morgan fingerprint density at radius 2 is 1.88 bits per heavy atom. The van der Waals surface area contributed by atoms with Crippen molar-refractivity contribution >= 4 is 11.6 Å². The smallest absolute Gasteiger partial charge is 0.228 e. The number of carbonyl (C=O) groups is 1. The van der Waals surface area contributed by atoms with Gasteiger partial charge in [-0.15, -0.1) is 0 Å². The number of benzene rings is 2. The van der Waals surface area contributed by atoms with Crippen LogP contribution in [0.15, 0.2) is 36.4 Å². The van der Waals surface area contributed by atoms with E-state index in [0.717, 1.165) is 5.56 Å². The second kappa shape index (κ2) is 8.48. The Balaban J connectivity index is 2.13. The molecule has 0 radical (unpaired) electrons. The molecule has 1 atom stereocenters. The lowest BCUT2D eigenvalue weighted by atomic mass is 10.1. The fourth-order valence-corrected chi connectivity index (χ4v) is 2.30. The molecule has 0 saturated heterocycles. The van der Waals surface area contributed by atoms with E-state index in [-0.39, 0.29) is 17.6 Å². The summed E-state index contributed by atoms with van der Waals surface area (Å²) in [7, 11) is 3.30. The zero-order chi connectivity index (χ0) is 18.4. The Hall–Kier alpha value is -2.60. The number of hydrogen-bond donors (Lipinski definition) is 2. The summed E-state index contributed by atoms with van der Waals surface area (Å²) in [6.07, 6.45) is 0. The standard InChI is InChI=1S/C19H23FN2O3/c1-12-5-7-17(18(9-12)24-4)25-16-8-6-14(10-15(16)20)22-19(23)13(2)11-21-3/h5-10,13,21H,11H2,1-4H3,(H,22,23). The molecule has 6 heteroatoms. The summed E-state index contributed by atoms with van der Waals surface area (Å²) in [5.74, 6) is 0.0395. The Morgan fingerprint density at radius 3 is 2.52 bits per heavy atom. The van der Waals surface area contributed by atoms with Crippen molar-refractivity contribution in [3.8, 4) is 17.2 Å². The third-order valence-electron chi connectivity index (χ3n) is 3.70. The number of methoxy groups -OCH3 is 1. The molecule has 0 heterocycles. The van der Waals surface area contributed by atoms with Gasteiger partial charge in [0, 0.05) is 24.2 Å². The third-order valence-corrected chi connectivity index (χ3v) is 3.70. The molecule has 0 aliphatic heterocycles. The van der Waals surface area contributed by atoms with Crippen molar-refractivity contribution in [2.45, 2.75) is 13.8 Å². The summed E-state index contributed by atoms with van der Waals surface area (Å²) in [5, 5.41) is 5.62. The number of hydrogen-bond acceptors (Lipinski definition) is 4. The van der Waals surface area contributed by atoms with Crippen LogP contribution in [0.25, 0.3) is 0 Å². The van der Waals surface area contributed by atoms with Gasteiger partial charge in [0.1, 0.15) is 0 Å². The normalized spacial score (nSPS) is 11.7. The minimum absolute atomic E-state index is 0.0587. The van der Waals surface area contributed by atoms with Crippen molar-refractivity contribution in [3.05, 3.63) is 47.8 Å². The highest BCUT2D eigenvalue weighted by molar-refractivity contribution is 5.92. The number of carbonyl (C=O) groups excluding carboxylic acids is 1. The molecular formula is C19H23FN2O3. The molecule has 0 aliphatic rings. The summed E-state index contributed by atoms with van der Waals surface area (Å²) in [4.78, 5) is 12.0. The minimum atomic E-state index is -0.568. The number of amides is 1. The minimum Gasteiger partial charge on any atom is -0.493 e. The van der Waals surface area contributed by atoms with Crippen molar-refractivity contribution < 1.29 is 18.7 Å². The summed E-state index contributed by atoms with van der Waals surface area (Å²) in [6, 6.07) is 9.71. The Morgan fingerprint density at radius 1 is 1.16 bits per heavy atom. The van der Waals surface area contributed by atoms with Crippen LogP contribution in [0, 0.1) is 18.7 Å². The van der Waals surface area contributed by atoms with Gasteiger partial charge in [-0.1, -0.05) is 13.0 Å². The lowest BCUT2D eigenvalue weighted by Crippen LogP contribution is -2.28. The molecule has 2 aromatic carbocycles. The first-order valence-electron chi connectivity index (χ1n) is 8.02. The Kier molecular flexibility index (Phi) is 6.36. The van der Waals surface area contributed by atoms with Crippen LogP contribution in [0.1, 0.15) is 12.5 Å². The average Bonchev–Trinajstić information content (AvgIpc) is 2.58. The molecule has 0 saturated carbocycles. The number of nitrogens with one attached hydrogen (secondary N) is 2. The van der Waals surface area contributed by atoms with Gasteiger partial charge in [-0.3, -0.25) is 4.79 Å². The van der Waals surface area contributed by atoms with Crippen LogP contribution >= 0.6 is 0 Å². The second-order valence-electron chi connectivity index (χ2n) is 5.85. The molecular weight excluding hydrogens is 323 g/mol. The monoisotopic (exact) mass is 346 g/mol. The number of rotatable bonds is 7. The van der Waals surface area contributed by atoms with E-state index in [4.69, 9.17) is 9.47 Å². The molecule has 2 rings (SSSR count). The fourth-order valence-electron chi connectivity index (χ4n) is 2.30. The average molecular weight is 346 g/mol. The van der Waals surface area contributed by atoms with Gasteiger partial charge in [0.25, 0.3) is 0 Å². The molecule has 25 heavy (non-hydrogen) atoms. The Labute approximate surface area is 147 Å².